The standard InChI is InChI=1S/C13H10ClFN4O/c1-20-11-3-2-8(5-9(11)15)19-12-10(18-13(19)16)4-7(14)6-17-12/h2-6H,1H3,(H2,16,18). The molecule has 0 saturated carbocycles. The number of ether oxygens (including phenoxy) is 1. The number of imidazole rings is 1. The van der Waals surface area contributed by atoms with Crippen LogP contribution in [0.4, 0.5) is 10.3 Å². The summed E-state index contributed by atoms with van der Waals surface area (Å²) >= 11 is 5.86. The molecule has 0 aliphatic heterocycles. The number of hydrogen-bond acceptors (Lipinski definition) is 4. The Kier molecular flexibility index (Phi) is 2.94. The Morgan fingerprint density at radius 2 is 2.15 bits per heavy atom. The first-order valence-corrected chi connectivity index (χ1v) is 6.11. The molecule has 102 valence electrons. The summed E-state index contributed by atoms with van der Waals surface area (Å²) in [5.41, 5.74) is 7.44. The summed E-state index contributed by atoms with van der Waals surface area (Å²) in [6, 6.07) is 6.16. The van der Waals surface area contributed by atoms with Gasteiger partial charge in [-0.25, -0.2) is 14.4 Å². The molecule has 3 aromatic rings. The van der Waals surface area contributed by atoms with Crippen molar-refractivity contribution in [2.75, 3.05) is 12.8 Å². The molecule has 1 aromatic carbocycles. The number of pyridine rings is 1. The first kappa shape index (κ1) is 12.7. The quantitative estimate of drug-likeness (QED) is 0.789. The van der Waals surface area contributed by atoms with Gasteiger partial charge in [-0.05, 0) is 18.2 Å². The number of aromatic nitrogens is 3. The van der Waals surface area contributed by atoms with Gasteiger partial charge in [-0.1, -0.05) is 11.6 Å². The van der Waals surface area contributed by atoms with E-state index in [4.69, 9.17) is 22.1 Å². The largest absolute Gasteiger partial charge is 0.494 e. The number of halogens is 2. The molecule has 0 spiro atoms. The molecule has 0 aliphatic carbocycles. The minimum atomic E-state index is -0.486. The molecule has 0 unspecified atom stereocenters. The van der Waals surface area contributed by atoms with Crippen molar-refractivity contribution in [3.05, 3.63) is 41.3 Å². The summed E-state index contributed by atoms with van der Waals surface area (Å²) in [7, 11) is 1.41. The average molecular weight is 293 g/mol. The third-order valence-corrected chi connectivity index (χ3v) is 3.09. The van der Waals surface area contributed by atoms with Crippen LogP contribution in [0.2, 0.25) is 5.02 Å². The first-order valence-electron chi connectivity index (χ1n) is 5.73. The number of nitrogen functional groups attached to an aromatic ring is 1. The van der Waals surface area contributed by atoms with E-state index in [0.29, 0.717) is 21.9 Å². The number of nitrogens with zero attached hydrogens (tertiary/aromatic N) is 3. The Morgan fingerprint density at radius 3 is 2.85 bits per heavy atom. The second-order valence-corrected chi connectivity index (χ2v) is 4.56. The van der Waals surface area contributed by atoms with Crippen LogP contribution < -0.4 is 10.5 Å². The van der Waals surface area contributed by atoms with Gasteiger partial charge in [0.15, 0.2) is 17.2 Å². The second-order valence-electron chi connectivity index (χ2n) is 4.12. The zero-order valence-corrected chi connectivity index (χ0v) is 11.2. The topological polar surface area (TPSA) is 66.0 Å². The predicted molar refractivity (Wildman–Crippen MR) is 74.8 cm³/mol. The second kappa shape index (κ2) is 4.64. The number of nitrogens with two attached hydrogens (primary N) is 1. The van der Waals surface area contributed by atoms with Gasteiger partial charge in [0, 0.05) is 12.3 Å². The van der Waals surface area contributed by atoms with Gasteiger partial charge in [0.2, 0.25) is 5.95 Å². The molecule has 0 atom stereocenters. The van der Waals surface area contributed by atoms with Crippen LogP contribution in [0.3, 0.4) is 0 Å². The molecule has 0 bridgehead atoms. The molecule has 0 radical (unpaired) electrons. The van der Waals surface area contributed by atoms with E-state index in [1.165, 1.54) is 25.4 Å². The van der Waals surface area contributed by atoms with E-state index in [2.05, 4.69) is 9.97 Å². The highest BCUT2D eigenvalue weighted by atomic mass is 35.5. The van der Waals surface area contributed by atoms with Crippen LogP contribution >= 0.6 is 11.6 Å². The molecule has 7 heteroatoms. The minimum Gasteiger partial charge on any atom is -0.494 e. The van der Waals surface area contributed by atoms with Crippen LogP contribution in [0.5, 0.6) is 5.75 Å². The van der Waals surface area contributed by atoms with Crippen LogP contribution in [0, 0.1) is 5.82 Å². The van der Waals surface area contributed by atoms with E-state index in [1.807, 2.05) is 0 Å². The molecule has 0 saturated heterocycles. The number of anilines is 1. The number of rotatable bonds is 2. The zero-order chi connectivity index (χ0) is 14.3. The Balaban J connectivity index is 2.23. The summed E-state index contributed by atoms with van der Waals surface area (Å²) in [6.07, 6.45) is 1.49. The first-order chi connectivity index (χ1) is 9.60. The lowest BCUT2D eigenvalue weighted by molar-refractivity contribution is 0.386. The van der Waals surface area contributed by atoms with Crippen LogP contribution in [0.25, 0.3) is 16.9 Å². The van der Waals surface area contributed by atoms with E-state index >= 15 is 0 Å². The Labute approximate surface area is 118 Å². The Morgan fingerprint density at radius 1 is 1.35 bits per heavy atom. The zero-order valence-electron chi connectivity index (χ0n) is 10.5. The Hall–Kier alpha value is -2.34. The lowest BCUT2D eigenvalue weighted by Crippen LogP contribution is -2.02. The molecule has 3 rings (SSSR count). The highest BCUT2D eigenvalue weighted by Gasteiger charge is 2.13. The van der Waals surface area contributed by atoms with Gasteiger partial charge in [-0.2, -0.15) is 0 Å². The smallest absolute Gasteiger partial charge is 0.207 e. The van der Waals surface area contributed by atoms with Crippen molar-refractivity contribution >= 4 is 28.7 Å². The molecule has 0 amide bonds. The summed E-state index contributed by atoms with van der Waals surface area (Å²) in [5.74, 6) is -0.118. The molecule has 0 aliphatic rings. The van der Waals surface area contributed by atoms with Crippen molar-refractivity contribution in [2.45, 2.75) is 0 Å². The maximum absolute atomic E-state index is 13.8. The lowest BCUT2D eigenvalue weighted by Gasteiger charge is -2.08. The van der Waals surface area contributed by atoms with Gasteiger partial charge >= 0.3 is 0 Å². The van der Waals surface area contributed by atoms with Gasteiger partial charge in [0.25, 0.3) is 0 Å². The van der Waals surface area contributed by atoms with Crippen LogP contribution in [-0.2, 0) is 0 Å². The normalized spacial score (nSPS) is 10.9. The molecular weight excluding hydrogens is 283 g/mol. The average Bonchev–Trinajstić information content (AvgIpc) is 2.73. The Bertz CT molecular complexity index is 802. The van der Waals surface area contributed by atoms with Gasteiger partial charge < -0.3 is 10.5 Å². The molecule has 2 aromatic heterocycles. The van der Waals surface area contributed by atoms with Crippen molar-refractivity contribution in [3.63, 3.8) is 0 Å². The van der Waals surface area contributed by atoms with Crippen molar-refractivity contribution in [2.24, 2.45) is 0 Å². The van der Waals surface area contributed by atoms with Crippen molar-refractivity contribution < 1.29 is 9.13 Å². The molecule has 20 heavy (non-hydrogen) atoms. The fraction of sp³-hybridized carbons (Fsp3) is 0.0769. The maximum atomic E-state index is 13.8. The van der Waals surface area contributed by atoms with Gasteiger partial charge in [-0.3, -0.25) is 4.57 Å². The highest BCUT2D eigenvalue weighted by Crippen LogP contribution is 2.26. The van der Waals surface area contributed by atoms with E-state index in [0.717, 1.165) is 0 Å². The van der Waals surface area contributed by atoms with Crippen molar-refractivity contribution in [3.8, 4) is 11.4 Å². The third-order valence-electron chi connectivity index (χ3n) is 2.88. The van der Waals surface area contributed by atoms with E-state index in [1.54, 1.807) is 16.7 Å². The fourth-order valence-electron chi connectivity index (χ4n) is 2.01. The number of fused-ring (bicyclic) bond motifs is 1. The van der Waals surface area contributed by atoms with Crippen molar-refractivity contribution in [1.29, 1.82) is 0 Å². The van der Waals surface area contributed by atoms with E-state index in [9.17, 15) is 4.39 Å². The van der Waals surface area contributed by atoms with Gasteiger partial charge in [0.1, 0.15) is 5.52 Å². The predicted octanol–water partition coefficient (Wildman–Crippen LogP) is 2.80. The lowest BCUT2D eigenvalue weighted by atomic mass is 10.3. The number of benzene rings is 1. The molecule has 5 nitrogen and oxygen atoms in total. The summed E-state index contributed by atoms with van der Waals surface area (Å²) in [4.78, 5) is 8.35. The van der Waals surface area contributed by atoms with Gasteiger partial charge in [-0.15, -0.1) is 0 Å². The number of hydrogen-bond donors (Lipinski definition) is 1. The molecular formula is C13H10ClFN4O. The monoisotopic (exact) mass is 292 g/mol. The molecule has 2 heterocycles. The van der Waals surface area contributed by atoms with E-state index in [-0.39, 0.29) is 11.7 Å². The maximum Gasteiger partial charge on any atom is 0.207 e. The van der Waals surface area contributed by atoms with Gasteiger partial charge in [0.05, 0.1) is 17.8 Å². The molecule has 0 fully saturated rings. The molecule has 2 N–H and O–H groups in total. The minimum absolute atomic E-state index is 0.160. The SMILES string of the molecule is COc1ccc(-n2c(N)nc3cc(Cl)cnc32)cc1F. The summed E-state index contributed by atoms with van der Waals surface area (Å²) < 4.78 is 20.2. The highest BCUT2D eigenvalue weighted by molar-refractivity contribution is 6.31. The third kappa shape index (κ3) is 1.94. The van der Waals surface area contributed by atoms with Crippen molar-refractivity contribution in [1.82, 2.24) is 14.5 Å². The number of methoxy groups -OCH3 is 1. The van der Waals surface area contributed by atoms with Crippen LogP contribution in [0.15, 0.2) is 30.5 Å². The van der Waals surface area contributed by atoms with E-state index < -0.39 is 5.82 Å². The van der Waals surface area contributed by atoms with Crippen LogP contribution in [0.1, 0.15) is 0 Å². The fourth-order valence-corrected chi connectivity index (χ4v) is 2.16. The van der Waals surface area contributed by atoms with Crippen LogP contribution in [-0.4, -0.2) is 21.6 Å². The summed E-state index contributed by atoms with van der Waals surface area (Å²) in [6.45, 7) is 0. The summed E-state index contributed by atoms with van der Waals surface area (Å²) in [5, 5.41) is 0.461.